The van der Waals surface area contributed by atoms with E-state index in [9.17, 15) is 22.8 Å². The summed E-state index contributed by atoms with van der Waals surface area (Å²) in [7, 11) is 0. The third kappa shape index (κ3) is 5.02. The minimum absolute atomic E-state index is 0.00863. The van der Waals surface area contributed by atoms with Gasteiger partial charge in [-0.1, -0.05) is 18.2 Å². The lowest BCUT2D eigenvalue weighted by atomic mass is 9.94. The average Bonchev–Trinajstić information content (AvgIpc) is 3.42. The number of alkyl halides is 3. The number of nitriles is 1. The summed E-state index contributed by atoms with van der Waals surface area (Å²) in [5.74, 6) is -0.700. The lowest BCUT2D eigenvalue weighted by Gasteiger charge is -2.18. The van der Waals surface area contributed by atoms with Gasteiger partial charge in [0.2, 0.25) is 0 Å². The largest absolute Gasteiger partial charge is 0.406 e. The van der Waals surface area contributed by atoms with Gasteiger partial charge in [-0.25, -0.2) is 4.39 Å². The van der Waals surface area contributed by atoms with Crippen molar-refractivity contribution in [2.24, 2.45) is 5.73 Å². The molecule has 0 amide bonds. The van der Waals surface area contributed by atoms with Gasteiger partial charge in [0.1, 0.15) is 18.4 Å². The van der Waals surface area contributed by atoms with Crippen LogP contribution in [0.2, 0.25) is 0 Å². The number of fused-ring (bicyclic) bond motifs is 1. The molecular formula is C29H27F4N5. The second-order valence-corrected chi connectivity index (χ2v) is 10.0. The van der Waals surface area contributed by atoms with Crippen molar-refractivity contribution in [1.82, 2.24) is 14.5 Å². The van der Waals surface area contributed by atoms with Gasteiger partial charge >= 0.3 is 6.18 Å². The second kappa shape index (κ2) is 9.86. The number of aryl methyl sites for hydroxylation is 2. The number of pyridine rings is 1. The SMILES string of the molecule is Cc1ccc(-c2ncc3c(cc(CN4CC[C@H](N)C4)n3CC(F)(F)F)c2-c2ccc(C#N)c(F)c2)cc1C. The van der Waals surface area contributed by atoms with Crippen LogP contribution in [0.25, 0.3) is 33.3 Å². The Kier molecular flexibility index (Phi) is 6.72. The van der Waals surface area contributed by atoms with Crippen molar-refractivity contribution >= 4 is 10.9 Å². The van der Waals surface area contributed by atoms with E-state index in [0.29, 0.717) is 53.1 Å². The van der Waals surface area contributed by atoms with Crippen molar-refractivity contribution in [3.05, 3.63) is 76.9 Å². The highest BCUT2D eigenvalue weighted by molar-refractivity contribution is 6.02. The Labute approximate surface area is 218 Å². The molecule has 0 saturated carbocycles. The summed E-state index contributed by atoms with van der Waals surface area (Å²) in [6.45, 7) is 4.40. The Morgan fingerprint density at radius 1 is 1.08 bits per heavy atom. The molecule has 4 aromatic rings. The number of aromatic nitrogens is 2. The topological polar surface area (TPSA) is 70.9 Å². The monoisotopic (exact) mass is 521 g/mol. The van der Waals surface area contributed by atoms with Crippen LogP contribution in [0.3, 0.4) is 0 Å². The molecule has 1 aliphatic rings. The summed E-state index contributed by atoms with van der Waals surface area (Å²) in [6.07, 6.45) is -2.20. The molecule has 0 bridgehead atoms. The van der Waals surface area contributed by atoms with E-state index in [0.717, 1.165) is 23.1 Å². The molecule has 5 nitrogen and oxygen atoms in total. The van der Waals surface area contributed by atoms with Gasteiger partial charge in [-0.05, 0) is 61.2 Å². The molecule has 1 aliphatic heterocycles. The molecule has 2 aromatic heterocycles. The van der Waals surface area contributed by atoms with Crippen LogP contribution in [0, 0.1) is 31.0 Å². The summed E-state index contributed by atoms with van der Waals surface area (Å²) >= 11 is 0. The smallest absolute Gasteiger partial charge is 0.333 e. The average molecular weight is 522 g/mol. The first-order valence-corrected chi connectivity index (χ1v) is 12.4. The highest BCUT2D eigenvalue weighted by Gasteiger charge is 2.32. The predicted octanol–water partition coefficient (Wildman–Crippen LogP) is 6.09. The lowest BCUT2D eigenvalue weighted by Crippen LogP contribution is -2.28. The molecule has 9 heteroatoms. The van der Waals surface area contributed by atoms with Crippen LogP contribution in [-0.4, -0.2) is 39.8 Å². The molecule has 1 fully saturated rings. The number of benzene rings is 2. The first kappa shape index (κ1) is 25.9. The maximum atomic E-state index is 14.8. The van der Waals surface area contributed by atoms with Gasteiger partial charge in [0.15, 0.2) is 0 Å². The number of nitrogens with two attached hydrogens (primary N) is 1. The fraction of sp³-hybridized carbons (Fsp3) is 0.310. The number of rotatable bonds is 5. The van der Waals surface area contributed by atoms with Crippen molar-refractivity contribution in [3.8, 4) is 28.5 Å². The first-order valence-electron chi connectivity index (χ1n) is 12.4. The van der Waals surface area contributed by atoms with E-state index in [-0.39, 0.29) is 11.6 Å². The number of hydrogen-bond acceptors (Lipinski definition) is 4. The van der Waals surface area contributed by atoms with Gasteiger partial charge in [0.25, 0.3) is 0 Å². The van der Waals surface area contributed by atoms with Crippen molar-refractivity contribution in [2.75, 3.05) is 13.1 Å². The van der Waals surface area contributed by atoms with Gasteiger partial charge in [-0.3, -0.25) is 9.88 Å². The summed E-state index contributed by atoms with van der Waals surface area (Å²) in [5, 5.41) is 9.76. The fourth-order valence-electron chi connectivity index (χ4n) is 5.17. The van der Waals surface area contributed by atoms with E-state index in [4.69, 9.17) is 5.73 Å². The summed E-state index contributed by atoms with van der Waals surface area (Å²) in [6, 6.07) is 13.6. The van der Waals surface area contributed by atoms with Crippen molar-refractivity contribution in [2.45, 2.75) is 45.6 Å². The molecule has 3 heterocycles. The molecule has 1 atom stereocenters. The van der Waals surface area contributed by atoms with E-state index >= 15 is 0 Å². The minimum atomic E-state index is -4.45. The molecule has 5 rings (SSSR count). The van der Waals surface area contributed by atoms with Crippen LogP contribution < -0.4 is 5.73 Å². The zero-order valence-electron chi connectivity index (χ0n) is 21.1. The van der Waals surface area contributed by atoms with Gasteiger partial charge in [-0.2, -0.15) is 18.4 Å². The zero-order chi connectivity index (χ0) is 27.2. The molecule has 0 radical (unpaired) electrons. The van der Waals surface area contributed by atoms with Crippen molar-refractivity contribution in [3.63, 3.8) is 0 Å². The van der Waals surface area contributed by atoms with Gasteiger partial charge in [0, 0.05) is 47.9 Å². The van der Waals surface area contributed by atoms with Crippen LogP contribution in [-0.2, 0) is 13.1 Å². The Balaban J connectivity index is 1.78. The summed E-state index contributed by atoms with van der Waals surface area (Å²) in [4.78, 5) is 6.68. The van der Waals surface area contributed by atoms with Crippen LogP contribution in [0.1, 0.15) is 28.8 Å². The van der Waals surface area contributed by atoms with Crippen LogP contribution in [0.15, 0.2) is 48.7 Å². The second-order valence-electron chi connectivity index (χ2n) is 10.0. The van der Waals surface area contributed by atoms with E-state index in [1.54, 1.807) is 12.1 Å². The van der Waals surface area contributed by atoms with Gasteiger partial charge < -0.3 is 10.3 Å². The maximum absolute atomic E-state index is 14.8. The predicted molar refractivity (Wildman–Crippen MR) is 139 cm³/mol. The zero-order valence-corrected chi connectivity index (χ0v) is 21.1. The van der Waals surface area contributed by atoms with Crippen LogP contribution >= 0.6 is 0 Å². The normalized spacial score (nSPS) is 16.3. The third-order valence-corrected chi connectivity index (χ3v) is 7.24. The van der Waals surface area contributed by atoms with E-state index in [1.807, 2.05) is 43.0 Å². The molecule has 0 aliphatic carbocycles. The highest BCUT2D eigenvalue weighted by atomic mass is 19.4. The molecule has 38 heavy (non-hydrogen) atoms. The van der Waals surface area contributed by atoms with Crippen molar-refractivity contribution < 1.29 is 17.6 Å². The Hall–Kier alpha value is -3.74. The molecule has 0 unspecified atom stereocenters. The Morgan fingerprint density at radius 3 is 2.47 bits per heavy atom. The Morgan fingerprint density at radius 2 is 1.84 bits per heavy atom. The molecule has 2 aromatic carbocycles. The third-order valence-electron chi connectivity index (χ3n) is 7.24. The number of halogens is 4. The maximum Gasteiger partial charge on any atom is 0.406 e. The van der Waals surface area contributed by atoms with Gasteiger partial charge in [-0.15, -0.1) is 0 Å². The molecule has 2 N–H and O–H groups in total. The standard InChI is InChI=1S/C29H27F4N5/c1-17-3-4-20(9-18(17)2)28-27(19-5-6-21(12-34)25(30)10-19)24-11-23(15-37-8-7-22(35)14-37)38(16-29(31,32)33)26(24)13-36-28/h3-6,9-11,13,22H,7-8,14-16,35H2,1-2H3/t22-/m0/s1. The number of likely N-dealkylation sites (tertiary alicyclic amines) is 1. The lowest BCUT2D eigenvalue weighted by molar-refractivity contribution is -0.140. The quantitative estimate of drug-likeness (QED) is 0.323. The van der Waals surface area contributed by atoms with E-state index in [2.05, 4.69) is 4.98 Å². The highest BCUT2D eigenvalue weighted by Crippen LogP contribution is 2.40. The molecule has 196 valence electrons. The summed E-state index contributed by atoms with van der Waals surface area (Å²) < 4.78 is 57.2. The van der Waals surface area contributed by atoms with E-state index < -0.39 is 18.5 Å². The van der Waals surface area contributed by atoms with E-state index in [1.165, 1.54) is 22.9 Å². The molecule has 1 saturated heterocycles. The van der Waals surface area contributed by atoms with Crippen LogP contribution in [0.4, 0.5) is 17.6 Å². The summed E-state index contributed by atoms with van der Waals surface area (Å²) in [5.41, 5.74) is 11.1. The fourth-order valence-corrected chi connectivity index (χ4v) is 5.17. The Bertz CT molecular complexity index is 1560. The van der Waals surface area contributed by atoms with Crippen LogP contribution in [0.5, 0.6) is 0 Å². The number of nitrogens with zero attached hydrogens (tertiary/aromatic N) is 4. The first-order chi connectivity index (χ1) is 18.0. The van der Waals surface area contributed by atoms with Gasteiger partial charge in [0.05, 0.1) is 23.0 Å². The molecular weight excluding hydrogens is 494 g/mol. The minimum Gasteiger partial charge on any atom is -0.333 e. The molecule has 0 spiro atoms. The number of hydrogen-bond donors (Lipinski definition) is 1. The van der Waals surface area contributed by atoms with Crippen molar-refractivity contribution in [1.29, 1.82) is 5.26 Å².